The predicted octanol–water partition coefficient (Wildman–Crippen LogP) is 5.67. The van der Waals surface area contributed by atoms with Crippen LogP contribution >= 0.6 is 0 Å². The second-order valence-electron chi connectivity index (χ2n) is 11.1. The van der Waals surface area contributed by atoms with Crippen LogP contribution in [0.5, 0.6) is 0 Å². The Morgan fingerprint density at radius 3 is 2.11 bits per heavy atom. The standard InChI is InChI=1S/C24H40O3/c1-23(2)13-14-24(3,4)20-15-18(10-11-19(20)23)21(25)12-7-16-5-8-17(9-6-16)22(26)27/h7,12,16-21,25H,5-6,8-11,13-15H2,1-4H3,(H,26,27)/b12-7+. The molecule has 0 aromatic rings. The van der Waals surface area contributed by atoms with E-state index in [2.05, 4.69) is 33.8 Å². The molecule has 3 heteroatoms. The molecule has 0 bridgehead atoms. The fraction of sp³-hybridized carbons (Fsp3) is 0.875. The van der Waals surface area contributed by atoms with E-state index in [9.17, 15) is 9.90 Å². The van der Waals surface area contributed by atoms with Crippen LogP contribution in [0.3, 0.4) is 0 Å². The van der Waals surface area contributed by atoms with Crippen molar-refractivity contribution in [3.8, 4) is 0 Å². The lowest BCUT2D eigenvalue weighted by atomic mass is 9.49. The SMILES string of the molecule is CC1(C)CCC(C)(C)C2CC(C(O)/C=C/C3CCC(C(=O)O)CC3)CCC21. The first-order valence-corrected chi connectivity index (χ1v) is 11.2. The Hall–Kier alpha value is -0.830. The molecule has 154 valence electrons. The predicted molar refractivity (Wildman–Crippen MR) is 109 cm³/mol. The van der Waals surface area contributed by atoms with E-state index in [1.54, 1.807) is 0 Å². The highest BCUT2D eigenvalue weighted by Crippen LogP contribution is 2.58. The fourth-order valence-electron chi connectivity index (χ4n) is 6.31. The third-order valence-electron chi connectivity index (χ3n) is 8.50. The van der Waals surface area contributed by atoms with Gasteiger partial charge in [-0.2, -0.15) is 0 Å². The molecule has 0 radical (unpaired) electrons. The first kappa shape index (κ1) is 20.9. The smallest absolute Gasteiger partial charge is 0.306 e. The zero-order valence-corrected chi connectivity index (χ0v) is 17.8. The number of aliphatic hydroxyl groups excluding tert-OH is 1. The van der Waals surface area contributed by atoms with Gasteiger partial charge in [0.1, 0.15) is 0 Å². The molecule has 3 rings (SSSR count). The van der Waals surface area contributed by atoms with Crippen LogP contribution in [-0.4, -0.2) is 22.3 Å². The Morgan fingerprint density at radius 1 is 0.926 bits per heavy atom. The average molecular weight is 377 g/mol. The van der Waals surface area contributed by atoms with E-state index in [1.807, 2.05) is 6.08 Å². The van der Waals surface area contributed by atoms with Crippen molar-refractivity contribution >= 4 is 5.97 Å². The number of hydrogen-bond donors (Lipinski definition) is 2. The van der Waals surface area contributed by atoms with Gasteiger partial charge in [-0.05, 0) is 92.3 Å². The molecular formula is C24H40O3. The Balaban J connectivity index is 1.57. The maximum atomic E-state index is 11.1. The summed E-state index contributed by atoms with van der Waals surface area (Å²) in [7, 11) is 0. The lowest BCUT2D eigenvalue weighted by Gasteiger charge is -2.56. The number of hydrogen-bond acceptors (Lipinski definition) is 2. The Morgan fingerprint density at radius 2 is 1.52 bits per heavy atom. The number of aliphatic hydroxyl groups is 1. The summed E-state index contributed by atoms with van der Waals surface area (Å²) in [6.45, 7) is 9.77. The van der Waals surface area contributed by atoms with E-state index < -0.39 is 5.97 Å². The van der Waals surface area contributed by atoms with E-state index >= 15 is 0 Å². The number of allylic oxidation sites excluding steroid dienone is 1. The summed E-state index contributed by atoms with van der Waals surface area (Å²) in [5.74, 6) is 1.52. The van der Waals surface area contributed by atoms with Crippen molar-refractivity contribution in [3.05, 3.63) is 12.2 Å². The molecule has 3 saturated carbocycles. The lowest BCUT2D eigenvalue weighted by Crippen LogP contribution is -2.48. The molecule has 0 spiro atoms. The van der Waals surface area contributed by atoms with Crippen molar-refractivity contribution in [1.82, 2.24) is 0 Å². The van der Waals surface area contributed by atoms with Crippen LogP contribution in [0.4, 0.5) is 0 Å². The van der Waals surface area contributed by atoms with E-state index in [1.165, 1.54) is 19.3 Å². The first-order valence-electron chi connectivity index (χ1n) is 11.2. The molecule has 27 heavy (non-hydrogen) atoms. The lowest BCUT2D eigenvalue weighted by molar-refractivity contribution is -0.142. The summed E-state index contributed by atoms with van der Waals surface area (Å²) >= 11 is 0. The van der Waals surface area contributed by atoms with Crippen LogP contribution < -0.4 is 0 Å². The monoisotopic (exact) mass is 376 g/mol. The third-order valence-corrected chi connectivity index (χ3v) is 8.50. The van der Waals surface area contributed by atoms with Gasteiger partial charge in [0, 0.05) is 0 Å². The van der Waals surface area contributed by atoms with E-state index in [4.69, 9.17) is 5.11 Å². The molecule has 0 aromatic heterocycles. The molecule has 2 N–H and O–H groups in total. The number of aliphatic carboxylic acids is 1. The molecule has 3 aliphatic carbocycles. The quantitative estimate of drug-likeness (QED) is 0.621. The third kappa shape index (κ3) is 4.60. The zero-order valence-electron chi connectivity index (χ0n) is 17.8. The molecule has 0 saturated heterocycles. The normalized spacial score (nSPS) is 39.7. The highest BCUT2D eigenvalue weighted by molar-refractivity contribution is 5.70. The van der Waals surface area contributed by atoms with Crippen LogP contribution in [0.15, 0.2) is 12.2 Å². The summed E-state index contributed by atoms with van der Waals surface area (Å²) in [6.07, 6.45) is 13.5. The van der Waals surface area contributed by atoms with Crippen LogP contribution in [0, 0.1) is 40.4 Å². The number of fused-ring (bicyclic) bond motifs is 1. The number of carboxylic acids is 1. The van der Waals surface area contributed by atoms with Gasteiger partial charge in [0.2, 0.25) is 0 Å². The minimum atomic E-state index is -0.646. The van der Waals surface area contributed by atoms with Crippen molar-refractivity contribution in [2.45, 2.75) is 91.6 Å². The van der Waals surface area contributed by atoms with Gasteiger partial charge >= 0.3 is 5.97 Å². The second-order valence-corrected chi connectivity index (χ2v) is 11.1. The van der Waals surface area contributed by atoms with Gasteiger partial charge in [0.25, 0.3) is 0 Å². The molecule has 0 aliphatic heterocycles. The number of carboxylic acid groups (broad SMARTS) is 1. The highest BCUT2D eigenvalue weighted by atomic mass is 16.4. The minimum absolute atomic E-state index is 0.160. The average Bonchev–Trinajstić information content (AvgIpc) is 2.63. The van der Waals surface area contributed by atoms with Gasteiger partial charge in [-0.1, -0.05) is 39.8 Å². The van der Waals surface area contributed by atoms with Crippen LogP contribution in [-0.2, 0) is 4.79 Å². The maximum Gasteiger partial charge on any atom is 0.306 e. The van der Waals surface area contributed by atoms with Crippen LogP contribution in [0.1, 0.15) is 85.5 Å². The fourth-order valence-corrected chi connectivity index (χ4v) is 6.31. The molecular weight excluding hydrogens is 336 g/mol. The Kier molecular flexibility index (Phi) is 6.11. The number of carbonyl (C=O) groups is 1. The molecule has 4 unspecified atom stereocenters. The second kappa shape index (κ2) is 7.89. The summed E-state index contributed by atoms with van der Waals surface area (Å²) in [5.41, 5.74) is 0.826. The summed E-state index contributed by atoms with van der Waals surface area (Å²) in [6, 6.07) is 0. The summed E-state index contributed by atoms with van der Waals surface area (Å²) < 4.78 is 0. The molecule has 0 amide bonds. The molecule has 0 heterocycles. The van der Waals surface area contributed by atoms with Gasteiger partial charge in [-0.15, -0.1) is 0 Å². The van der Waals surface area contributed by atoms with E-state index in [0.29, 0.717) is 28.6 Å². The van der Waals surface area contributed by atoms with Gasteiger partial charge in [-0.25, -0.2) is 0 Å². The van der Waals surface area contributed by atoms with Gasteiger partial charge < -0.3 is 10.2 Å². The van der Waals surface area contributed by atoms with Gasteiger partial charge in [0.15, 0.2) is 0 Å². The minimum Gasteiger partial charge on any atom is -0.481 e. The maximum absolute atomic E-state index is 11.1. The topological polar surface area (TPSA) is 57.5 Å². The van der Waals surface area contributed by atoms with Gasteiger partial charge in [-0.3, -0.25) is 4.79 Å². The summed E-state index contributed by atoms with van der Waals surface area (Å²) in [5, 5.41) is 20.0. The zero-order chi connectivity index (χ0) is 19.8. The molecule has 3 fully saturated rings. The molecule has 4 atom stereocenters. The number of rotatable bonds is 4. The van der Waals surface area contributed by atoms with E-state index in [0.717, 1.165) is 44.4 Å². The van der Waals surface area contributed by atoms with Crippen LogP contribution in [0.2, 0.25) is 0 Å². The molecule has 3 nitrogen and oxygen atoms in total. The Bertz CT molecular complexity index is 554. The van der Waals surface area contributed by atoms with Gasteiger partial charge in [0.05, 0.1) is 12.0 Å². The van der Waals surface area contributed by atoms with Crippen molar-refractivity contribution in [2.75, 3.05) is 0 Å². The van der Waals surface area contributed by atoms with Crippen molar-refractivity contribution in [1.29, 1.82) is 0 Å². The summed E-state index contributed by atoms with van der Waals surface area (Å²) in [4.78, 5) is 11.1. The first-order chi connectivity index (χ1) is 12.6. The van der Waals surface area contributed by atoms with E-state index in [-0.39, 0.29) is 12.0 Å². The molecule has 3 aliphatic rings. The Labute approximate surface area is 165 Å². The van der Waals surface area contributed by atoms with Crippen molar-refractivity contribution in [3.63, 3.8) is 0 Å². The van der Waals surface area contributed by atoms with Crippen molar-refractivity contribution < 1.29 is 15.0 Å². The highest BCUT2D eigenvalue weighted by Gasteiger charge is 2.50. The van der Waals surface area contributed by atoms with Crippen LogP contribution in [0.25, 0.3) is 0 Å². The molecule has 0 aromatic carbocycles. The van der Waals surface area contributed by atoms with Crippen molar-refractivity contribution in [2.24, 2.45) is 40.4 Å². The largest absolute Gasteiger partial charge is 0.481 e.